The first-order valence-corrected chi connectivity index (χ1v) is 10.0. The van der Waals surface area contributed by atoms with E-state index in [4.69, 9.17) is 0 Å². The van der Waals surface area contributed by atoms with Crippen LogP contribution in [0.5, 0.6) is 0 Å². The summed E-state index contributed by atoms with van der Waals surface area (Å²) in [6, 6.07) is 7.71. The van der Waals surface area contributed by atoms with E-state index < -0.39 is 33.7 Å². The van der Waals surface area contributed by atoms with Crippen LogP contribution in [0.4, 0.5) is 14.5 Å². The van der Waals surface area contributed by atoms with Gasteiger partial charge in [0.25, 0.3) is 5.91 Å². The Morgan fingerprint density at radius 1 is 1.22 bits per heavy atom. The summed E-state index contributed by atoms with van der Waals surface area (Å²) in [6.45, 7) is 0.143. The van der Waals surface area contributed by atoms with Gasteiger partial charge in [0.15, 0.2) is 11.6 Å². The number of carbonyl (C=O) groups excluding carboxylic acids is 1. The van der Waals surface area contributed by atoms with Gasteiger partial charge in [-0.2, -0.15) is 0 Å². The minimum Gasteiger partial charge on any atom is -0.387 e. The molecule has 0 aromatic heterocycles. The van der Waals surface area contributed by atoms with Gasteiger partial charge in [-0.3, -0.25) is 9.10 Å². The van der Waals surface area contributed by atoms with E-state index in [1.54, 1.807) is 12.1 Å². The molecule has 1 unspecified atom stereocenters. The number of aliphatic hydroxyl groups excluding tert-OH is 1. The van der Waals surface area contributed by atoms with Crippen molar-refractivity contribution in [2.75, 3.05) is 23.7 Å². The Kier molecular flexibility index (Phi) is 5.16. The summed E-state index contributed by atoms with van der Waals surface area (Å²) in [6.07, 6.45) is 0.433. The Morgan fingerprint density at radius 2 is 1.96 bits per heavy atom. The van der Waals surface area contributed by atoms with Gasteiger partial charge in [0.1, 0.15) is 0 Å². The summed E-state index contributed by atoms with van der Waals surface area (Å²) in [5.41, 5.74) is 1.76. The van der Waals surface area contributed by atoms with Crippen molar-refractivity contribution in [2.24, 2.45) is 0 Å². The van der Waals surface area contributed by atoms with Gasteiger partial charge in [-0.05, 0) is 47.9 Å². The molecular formula is C18H18F2N2O4S. The third kappa shape index (κ3) is 4.09. The lowest BCUT2D eigenvalue weighted by Gasteiger charge is -2.16. The summed E-state index contributed by atoms with van der Waals surface area (Å²) < 4.78 is 50.9. The normalized spacial score (nSPS) is 14.7. The lowest BCUT2D eigenvalue weighted by molar-refractivity contribution is 0.0916. The second-order valence-corrected chi connectivity index (χ2v) is 8.23. The molecule has 3 rings (SSSR count). The average Bonchev–Trinajstić information content (AvgIpc) is 3.05. The van der Waals surface area contributed by atoms with Gasteiger partial charge >= 0.3 is 0 Å². The Bertz CT molecular complexity index is 995. The standard InChI is InChI=1S/C18H18F2N2O4S/c1-27(25,26)22-7-6-11-8-13(3-5-16(11)22)18(24)21-10-17(23)12-2-4-14(19)15(20)9-12/h2-5,8-9,17,23H,6-7,10H2,1H3,(H,21,24). The van der Waals surface area contributed by atoms with Crippen molar-refractivity contribution in [1.82, 2.24) is 5.32 Å². The number of anilines is 1. The number of amides is 1. The molecule has 0 radical (unpaired) electrons. The maximum atomic E-state index is 13.2. The molecule has 6 nitrogen and oxygen atoms in total. The molecule has 0 saturated carbocycles. The van der Waals surface area contributed by atoms with Gasteiger partial charge in [0.2, 0.25) is 10.0 Å². The van der Waals surface area contributed by atoms with E-state index in [0.717, 1.165) is 24.0 Å². The average molecular weight is 396 g/mol. The molecule has 1 atom stereocenters. The van der Waals surface area contributed by atoms with E-state index in [1.165, 1.54) is 16.4 Å². The molecule has 0 bridgehead atoms. The van der Waals surface area contributed by atoms with Crippen molar-refractivity contribution in [3.8, 4) is 0 Å². The number of carbonyl (C=O) groups is 1. The highest BCUT2D eigenvalue weighted by Crippen LogP contribution is 2.30. The number of benzene rings is 2. The predicted molar refractivity (Wildman–Crippen MR) is 96.0 cm³/mol. The van der Waals surface area contributed by atoms with Crippen LogP contribution in [-0.2, 0) is 16.4 Å². The first-order valence-electron chi connectivity index (χ1n) is 8.18. The monoisotopic (exact) mass is 396 g/mol. The second kappa shape index (κ2) is 7.24. The molecular weight excluding hydrogens is 378 g/mol. The zero-order valence-corrected chi connectivity index (χ0v) is 15.3. The van der Waals surface area contributed by atoms with Gasteiger partial charge in [-0.15, -0.1) is 0 Å². The number of hydrogen-bond donors (Lipinski definition) is 2. The van der Waals surface area contributed by atoms with E-state index in [9.17, 15) is 27.1 Å². The molecule has 1 aliphatic rings. The number of aliphatic hydroxyl groups is 1. The molecule has 1 heterocycles. The Hall–Kier alpha value is -2.52. The lowest BCUT2D eigenvalue weighted by Crippen LogP contribution is -2.29. The highest BCUT2D eigenvalue weighted by Gasteiger charge is 2.26. The van der Waals surface area contributed by atoms with Crippen molar-refractivity contribution in [1.29, 1.82) is 0 Å². The van der Waals surface area contributed by atoms with Crippen LogP contribution in [0.1, 0.15) is 27.6 Å². The fourth-order valence-electron chi connectivity index (χ4n) is 2.99. The minimum absolute atomic E-state index is 0.145. The third-order valence-electron chi connectivity index (χ3n) is 4.38. The van der Waals surface area contributed by atoms with Crippen molar-refractivity contribution in [2.45, 2.75) is 12.5 Å². The summed E-state index contributed by atoms with van der Waals surface area (Å²) in [4.78, 5) is 12.3. The smallest absolute Gasteiger partial charge is 0.251 e. The number of nitrogens with zero attached hydrogens (tertiary/aromatic N) is 1. The van der Waals surface area contributed by atoms with Gasteiger partial charge in [0, 0.05) is 18.7 Å². The minimum atomic E-state index is -3.37. The summed E-state index contributed by atoms with van der Waals surface area (Å²) >= 11 is 0. The fourth-order valence-corrected chi connectivity index (χ4v) is 3.94. The largest absolute Gasteiger partial charge is 0.387 e. The zero-order valence-electron chi connectivity index (χ0n) is 14.4. The van der Waals surface area contributed by atoms with Crippen LogP contribution in [0.15, 0.2) is 36.4 Å². The molecule has 0 fully saturated rings. The molecule has 2 aromatic rings. The van der Waals surface area contributed by atoms with Crippen LogP contribution in [0.3, 0.4) is 0 Å². The van der Waals surface area contributed by atoms with E-state index in [1.807, 2.05) is 0 Å². The number of hydrogen-bond acceptors (Lipinski definition) is 4. The Morgan fingerprint density at radius 3 is 2.63 bits per heavy atom. The second-order valence-electron chi connectivity index (χ2n) is 6.33. The van der Waals surface area contributed by atoms with Crippen molar-refractivity contribution < 1.29 is 27.1 Å². The molecule has 1 amide bonds. The number of nitrogens with one attached hydrogen (secondary N) is 1. The highest BCUT2D eigenvalue weighted by atomic mass is 32.2. The number of fused-ring (bicyclic) bond motifs is 1. The van der Waals surface area contributed by atoms with Crippen LogP contribution in [0.2, 0.25) is 0 Å². The number of rotatable bonds is 5. The molecule has 0 saturated heterocycles. The van der Waals surface area contributed by atoms with Gasteiger partial charge in [-0.25, -0.2) is 17.2 Å². The van der Waals surface area contributed by atoms with Crippen LogP contribution in [-0.4, -0.2) is 38.8 Å². The van der Waals surface area contributed by atoms with Crippen LogP contribution in [0.25, 0.3) is 0 Å². The van der Waals surface area contributed by atoms with Crippen LogP contribution >= 0.6 is 0 Å². The highest BCUT2D eigenvalue weighted by molar-refractivity contribution is 7.92. The van der Waals surface area contributed by atoms with Crippen molar-refractivity contribution in [3.05, 3.63) is 64.7 Å². The first kappa shape index (κ1) is 19.2. The van der Waals surface area contributed by atoms with E-state index in [0.29, 0.717) is 24.2 Å². The molecule has 2 aromatic carbocycles. The number of sulfonamides is 1. The van der Waals surface area contributed by atoms with Gasteiger partial charge in [0.05, 0.1) is 18.0 Å². The van der Waals surface area contributed by atoms with Crippen molar-refractivity contribution >= 4 is 21.6 Å². The SMILES string of the molecule is CS(=O)(=O)N1CCc2cc(C(=O)NCC(O)c3ccc(F)c(F)c3)ccc21. The molecule has 0 spiro atoms. The molecule has 9 heteroatoms. The van der Waals surface area contributed by atoms with Gasteiger partial charge < -0.3 is 10.4 Å². The van der Waals surface area contributed by atoms with Crippen LogP contribution in [0, 0.1) is 11.6 Å². The molecule has 144 valence electrons. The summed E-state index contributed by atoms with van der Waals surface area (Å²) in [7, 11) is -3.37. The molecule has 27 heavy (non-hydrogen) atoms. The Balaban J connectivity index is 1.68. The quantitative estimate of drug-likeness (QED) is 0.806. The van der Waals surface area contributed by atoms with Crippen molar-refractivity contribution in [3.63, 3.8) is 0 Å². The van der Waals surface area contributed by atoms with E-state index in [2.05, 4.69) is 5.32 Å². The molecule has 0 aliphatic carbocycles. The fraction of sp³-hybridized carbons (Fsp3) is 0.278. The molecule has 2 N–H and O–H groups in total. The summed E-state index contributed by atoms with van der Waals surface area (Å²) in [5, 5.41) is 12.6. The maximum Gasteiger partial charge on any atom is 0.251 e. The van der Waals surface area contributed by atoms with Gasteiger partial charge in [-0.1, -0.05) is 6.07 Å². The third-order valence-corrected chi connectivity index (χ3v) is 5.56. The first-order chi connectivity index (χ1) is 12.7. The predicted octanol–water partition coefficient (Wildman–Crippen LogP) is 1.75. The topological polar surface area (TPSA) is 86.7 Å². The Labute approximate surface area is 155 Å². The maximum absolute atomic E-state index is 13.2. The van der Waals surface area contributed by atoms with E-state index in [-0.39, 0.29) is 12.1 Å². The lowest BCUT2D eigenvalue weighted by atomic mass is 10.1. The van der Waals surface area contributed by atoms with Crippen LogP contribution < -0.4 is 9.62 Å². The molecule has 1 aliphatic heterocycles. The summed E-state index contributed by atoms with van der Waals surface area (Å²) in [5.74, 6) is -2.56. The number of halogens is 2. The van der Waals surface area contributed by atoms with E-state index >= 15 is 0 Å². The zero-order chi connectivity index (χ0) is 19.8.